The van der Waals surface area contributed by atoms with Crippen molar-refractivity contribution in [3.05, 3.63) is 54.1 Å². The highest BCUT2D eigenvalue weighted by atomic mass is 16.5. The number of phenolic OH excluding ortho intramolecular Hbond substituents is 1. The zero-order chi connectivity index (χ0) is 17.6. The molecule has 2 N–H and O–H groups in total. The van der Waals surface area contributed by atoms with Crippen molar-refractivity contribution < 1.29 is 14.9 Å². The average molecular weight is 342 g/mol. The molecule has 0 aromatic heterocycles. The summed E-state index contributed by atoms with van der Waals surface area (Å²) in [5, 5.41) is 19.6. The summed E-state index contributed by atoms with van der Waals surface area (Å²) in [6, 6.07) is 15.2. The number of aliphatic hydroxyl groups excluding tert-OH is 1. The van der Waals surface area contributed by atoms with Crippen molar-refractivity contribution in [1.29, 1.82) is 0 Å². The summed E-state index contributed by atoms with van der Waals surface area (Å²) in [5.74, 6) is 1.12. The second kappa shape index (κ2) is 8.23. The van der Waals surface area contributed by atoms with Crippen LogP contribution in [0.1, 0.15) is 5.56 Å². The maximum atomic E-state index is 10.3. The molecule has 1 unspecified atom stereocenters. The van der Waals surface area contributed by atoms with E-state index in [1.807, 2.05) is 43.3 Å². The van der Waals surface area contributed by atoms with E-state index in [-0.39, 0.29) is 0 Å². The molecular weight excluding hydrogens is 316 g/mol. The first kappa shape index (κ1) is 17.6. The molecule has 2 aromatic rings. The number of benzene rings is 2. The van der Waals surface area contributed by atoms with Crippen molar-refractivity contribution in [2.75, 3.05) is 44.2 Å². The lowest BCUT2D eigenvalue weighted by molar-refractivity contribution is 0.0661. The Morgan fingerprint density at radius 2 is 1.68 bits per heavy atom. The first-order valence-electron chi connectivity index (χ1n) is 8.74. The molecule has 0 spiro atoms. The van der Waals surface area contributed by atoms with Crippen LogP contribution in [0, 0.1) is 6.92 Å². The highest BCUT2D eigenvalue weighted by molar-refractivity contribution is 5.49. The molecule has 1 atom stereocenters. The quantitative estimate of drug-likeness (QED) is 0.843. The lowest BCUT2D eigenvalue weighted by atomic mass is 10.2. The third-order valence-electron chi connectivity index (χ3n) is 4.58. The number of ether oxygens (including phenoxy) is 1. The van der Waals surface area contributed by atoms with E-state index in [9.17, 15) is 10.2 Å². The van der Waals surface area contributed by atoms with Crippen molar-refractivity contribution in [3.63, 3.8) is 0 Å². The maximum absolute atomic E-state index is 10.3. The smallest absolute Gasteiger partial charge is 0.122 e. The van der Waals surface area contributed by atoms with E-state index in [4.69, 9.17) is 4.74 Å². The molecule has 3 rings (SSSR count). The number of hydrogen-bond acceptors (Lipinski definition) is 5. The van der Waals surface area contributed by atoms with Gasteiger partial charge in [0.15, 0.2) is 0 Å². The lowest BCUT2D eigenvalue weighted by Crippen LogP contribution is -2.49. The fraction of sp³-hybridized carbons (Fsp3) is 0.400. The van der Waals surface area contributed by atoms with Gasteiger partial charge in [-0.15, -0.1) is 0 Å². The van der Waals surface area contributed by atoms with Crippen LogP contribution in [-0.4, -0.2) is 60.5 Å². The second-order valence-electron chi connectivity index (χ2n) is 6.53. The van der Waals surface area contributed by atoms with Gasteiger partial charge in [-0.2, -0.15) is 0 Å². The molecule has 5 heteroatoms. The second-order valence-corrected chi connectivity index (χ2v) is 6.53. The number of nitrogens with zero attached hydrogens (tertiary/aromatic N) is 2. The minimum Gasteiger partial charge on any atom is -0.508 e. The van der Waals surface area contributed by atoms with Gasteiger partial charge in [0.25, 0.3) is 0 Å². The van der Waals surface area contributed by atoms with E-state index in [1.54, 1.807) is 12.1 Å². The number of β-amino-alcohol motifs (C(OH)–C–C–N with tert-alkyl or cyclic N) is 1. The Bertz CT molecular complexity index is 667. The topological polar surface area (TPSA) is 56.2 Å². The van der Waals surface area contributed by atoms with Crippen LogP contribution in [-0.2, 0) is 0 Å². The standard InChI is InChI=1S/C20H26N2O3/c1-16-4-2-3-5-20(16)25-15-19(24)14-21-10-12-22(13-11-21)17-6-8-18(23)9-7-17/h2-9,19,23-24H,10-15H2,1H3. The van der Waals surface area contributed by atoms with Crippen LogP contribution < -0.4 is 9.64 Å². The number of rotatable bonds is 6. The minimum absolute atomic E-state index is 0.291. The van der Waals surface area contributed by atoms with Gasteiger partial charge in [-0.1, -0.05) is 18.2 Å². The van der Waals surface area contributed by atoms with Crippen molar-refractivity contribution in [2.45, 2.75) is 13.0 Å². The maximum Gasteiger partial charge on any atom is 0.122 e. The van der Waals surface area contributed by atoms with E-state index in [1.165, 1.54) is 0 Å². The summed E-state index contributed by atoms with van der Waals surface area (Å²) in [7, 11) is 0. The third kappa shape index (κ3) is 4.87. The molecule has 0 amide bonds. The van der Waals surface area contributed by atoms with Crippen LogP contribution in [0.5, 0.6) is 11.5 Å². The molecule has 1 saturated heterocycles. The Morgan fingerprint density at radius 1 is 1.00 bits per heavy atom. The molecule has 2 aromatic carbocycles. The van der Waals surface area contributed by atoms with E-state index in [0.29, 0.717) is 18.9 Å². The largest absolute Gasteiger partial charge is 0.508 e. The van der Waals surface area contributed by atoms with Gasteiger partial charge < -0.3 is 19.8 Å². The first-order valence-corrected chi connectivity index (χ1v) is 8.74. The molecule has 134 valence electrons. The highest BCUT2D eigenvalue weighted by Gasteiger charge is 2.20. The van der Waals surface area contributed by atoms with Crippen LogP contribution >= 0.6 is 0 Å². The number of piperazine rings is 1. The third-order valence-corrected chi connectivity index (χ3v) is 4.58. The number of aliphatic hydroxyl groups is 1. The number of para-hydroxylation sites is 1. The van der Waals surface area contributed by atoms with E-state index in [0.717, 1.165) is 43.2 Å². The summed E-state index contributed by atoms with van der Waals surface area (Å²) in [6.45, 7) is 6.57. The van der Waals surface area contributed by atoms with Crippen molar-refractivity contribution in [1.82, 2.24) is 4.90 Å². The average Bonchev–Trinajstić information content (AvgIpc) is 2.62. The number of hydrogen-bond donors (Lipinski definition) is 2. The van der Waals surface area contributed by atoms with Gasteiger partial charge in [0.2, 0.25) is 0 Å². The number of aromatic hydroxyl groups is 1. The first-order chi connectivity index (χ1) is 12.1. The van der Waals surface area contributed by atoms with Gasteiger partial charge in [0.1, 0.15) is 24.2 Å². The van der Waals surface area contributed by atoms with Crippen molar-refractivity contribution in [3.8, 4) is 11.5 Å². The van der Waals surface area contributed by atoms with Gasteiger partial charge in [-0.3, -0.25) is 4.90 Å². The molecule has 1 fully saturated rings. The van der Waals surface area contributed by atoms with Crippen LogP contribution in [0.25, 0.3) is 0 Å². The zero-order valence-corrected chi connectivity index (χ0v) is 14.6. The fourth-order valence-corrected chi connectivity index (χ4v) is 3.11. The number of phenols is 1. The Morgan fingerprint density at radius 3 is 2.36 bits per heavy atom. The Kier molecular flexibility index (Phi) is 5.79. The molecule has 5 nitrogen and oxygen atoms in total. The Balaban J connectivity index is 1.42. The SMILES string of the molecule is Cc1ccccc1OCC(O)CN1CCN(c2ccc(O)cc2)CC1. The zero-order valence-electron chi connectivity index (χ0n) is 14.6. The summed E-state index contributed by atoms with van der Waals surface area (Å²) >= 11 is 0. The normalized spacial score (nSPS) is 16.6. The molecule has 0 bridgehead atoms. The van der Waals surface area contributed by atoms with Crippen LogP contribution in [0.4, 0.5) is 5.69 Å². The summed E-state index contributed by atoms with van der Waals surface area (Å²) in [5.41, 5.74) is 2.21. The van der Waals surface area contributed by atoms with E-state index < -0.39 is 6.10 Å². The predicted octanol–water partition coefficient (Wildman–Crippen LogP) is 2.26. The number of anilines is 1. The Labute approximate surface area is 149 Å². The van der Waals surface area contributed by atoms with Gasteiger partial charge in [0.05, 0.1) is 0 Å². The number of aryl methyl sites for hydroxylation is 1. The molecule has 0 radical (unpaired) electrons. The van der Waals surface area contributed by atoms with Crippen LogP contribution in [0.15, 0.2) is 48.5 Å². The van der Waals surface area contributed by atoms with Crippen molar-refractivity contribution in [2.24, 2.45) is 0 Å². The van der Waals surface area contributed by atoms with Crippen LogP contribution in [0.2, 0.25) is 0 Å². The summed E-state index contributed by atoms with van der Waals surface area (Å²) < 4.78 is 5.73. The van der Waals surface area contributed by atoms with Crippen molar-refractivity contribution >= 4 is 5.69 Å². The predicted molar refractivity (Wildman–Crippen MR) is 99.4 cm³/mol. The summed E-state index contributed by atoms with van der Waals surface area (Å²) in [4.78, 5) is 4.56. The van der Waals surface area contributed by atoms with Gasteiger partial charge >= 0.3 is 0 Å². The Hall–Kier alpha value is -2.24. The van der Waals surface area contributed by atoms with Gasteiger partial charge in [-0.25, -0.2) is 0 Å². The monoisotopic (exact) mass is 342 g/mol. The van der Waals surface area contributed by atoms with Gasteiger partial charge in [-0.05, 0) is 42.8 Å². The van der Waals surface area contributed by atoms with E-state index in [2.05, 4.69) is 9.80 Å². The molecule has 0 saturated carbocycles. The van der Waals surface area contributed by atoms with Crippen LogP contribution in [0.3, 0.4) is 0 Å². The highest BCUT2D eigenvalue weighted by Crippen LogP contribution is 2.20. The molecule has 1 aliphatic heterocycles. The molecular formula is C20H26N2O3. The molecule has 1 aliphatic rings. The molecule has 1 heterocycles. The molecule has 0 aliphatic carbocycles. The molecule has 25 heavy (non-hydrogen) atoms. The van der Waals surface area contributed by atoms with Gasteiger partial charge in [0, 0.05) is 38.4 Å². The summed E-state index contributed by atoms with van der Waals surface area (Å²) in [6.07, 6.45) is -0.500. The fourth-order valence-electron chi connectivity index (χ4n) is 3.11. The lowest BCUT2D eigenvalue weighted by Gasteiger charge is -2.36. The minimum atomic E-state index is -0.500. The van der Waals surface area contributed by atoms with E-state index >= 15 is 0 Å².